The topological polar surface area (TPSA) is 76.0 Å². The molecule has 2 atom stereocenters. The number of esters is 1. The molecule has 0 aliphatic carbocycles. The van der Waals surface area contributed by atoms with Gasteiger partial charge in [-0.25, -0.2) is 0 Å². The molecule has 5 heteroatoms. The van der Waals surface area contributed by atoms with Gasteiger partial charge in [-0.3, -0.25) is 4.79 Å². The first kappa shape index (κ1) is 16.3. The van der Waals surface area contributed by atoms with Crippen molar-refractivity contribution in [2.24, 2.45) is 0 Å². The number of methoxy groups -OCH3 is 1. The van der Waals surface area contributed by atoms with Crippen LogP contribution in [0.5, 0.6) is 5.75 Å². The fourth-order valence-electron chi connectivity index (χ4n) is 2.13. The van der Waals surface area contributed by atoms with Crippen molar-refractivity contribution in [3.05, 3.63) is 42.0 Å². The Kier molecular flexibility index (Phi) is 5.35. The molecule has 0 heterocycles. The zero-order valence-corrected chi connectivity index (χ0v) is 12.7. The lowest BCUT2D eigenvalue weighted by Gasteiger charge is -2.14. The highest BCUT2D eigenvalue weighted by Gasteiger charge is 2.18. The normalized spacial score (nSPS) is 13.6. The minimum atomic E-state index is -1.04. The summed E-state index contributed by atoms with van der Waals surface area (Å²) in [4.78, 5) is 12.0. The summed E-state index contributed by atoms with van der Waals surface area (Å²) in [7, 11) is 1.62. The molecule has 118 valence electrons. The molecular formula is C17H20O5. The number of carbonyl (C=O) groups is 1. The molecule has 0 aromatic heterocycles. The van der Waals surface area contributed by atoms with Gasteiger partial charge in [0.15, 0.2) is 0 Å². The number of hydrogen-bond acceptors (Lipinski definition) is 5. The maximum absolute atomic E-state index is 12.0. The van der Waals surface area contributed by atoms with Crippen molar-refractivity contribution in [2.45, 2.75) is 18.9 Å². The van der Waals surface area contributed by atoms with Gasteiger partial charge in [-0.05, 0) is 35.4 Å². The monoisotopic (exact) mass is 304 g/mol. The van der Waals surface area contributed by atoms with Crippen molar-refractivity contribution in [1.29, 1.82) is 0 Å². The van der Waals surface area contributed by atoms with Crippen molar-refractivity contribution in [2.75, 3.05) is 20.3 Å². The summed E-state index contributed by atoms with van der Waals surface area (Å²) < 4.78 is 10.2. The third-order valence-corrected chi connectivity index (χ3v) is 3.55. The van der Waals surface area contributed by atoms with Gasteiger partial charge in [-0.1, -0.05) is 24.3 Å². The number of hydrogen-bond donors (Lipinski definition) is 2. The third-order valence-electron chi connectivity index (χ3n) is 3.55. The Hall–Kier alpha value is -2.11. The first-order valence-electron chi connectivity index (χ1n) is 7.08. The maximum Gasteiger partial charge on any atom is 0.313 e. The third kappa shape index (κ3) is 3.75. The van der Waals surface area contributed by atoms with E-state index in [1.54, 1.807) is 14.0 Å². The summed E-state index contributed by atoms with van der Waals surface area (Å²) in [5, 5.41) is 20.0. The Bertz CT molecular complexity index is 653. The molecule has 0 unspecified atom stereocenters. The average Bonchev–Trinajstić information content (AvgIpc) is 2.57. The molecule has 0 bridgehead atoms. The zero-order valence-electron chi connectivity index (χ0n) is 12.7. The number of ether oxygens (including phenoxy) is 2. The van der Waals surface area contributed by atoms with Gasteiger partial charge in [-0.15, -0.1) is 0 Å². The van der Waals surface area contributed by atoms with E-state index in [-0.39, 0.29) is 6.61 Å². The molecule has 0 spiro atoms. The lowest BCUT2D eigenvalue weighted by Crippen LogP contribution is -2.24. The molecule has 5 nitrogen and oxygen atoms in total. The smallest absolute Gasteiger partial charge is 0.313 e. The second-order valence-corrected chi connectivity index (χ2v) is 5.16. The van der Waals surface area contributed by atoms with Crippen LogP contribution in [0.3, 0.4) is 0 Å². The lowest BCUT2D eigenvalue weighted by molar-refractivity contribution is -0.148. The van der Waals surface area contributed by atoms with Crippen LogP contribution in [0.25, 0.3) is 10.8 Å². The zero-order chi connectivity index (χ0) is 16.1. The molecule has 0 aliphatic rings. The SMILES string of the molecule is COc1ccc2cc([C@H](C)C(=O)OC[C@@H](O)CO)ccc2c1. The molecule has 2 aromatic carbocycles. The highest BCUT2D eigenvalue weighted by atomic mass is 16.5. The number of fused-ring (bicyclic) bond motifs is 1. The highest BCUT2D eigenvalue weighted by molar-refractivity contribution is 5.86. The van der Waals surface area contributed by atoms with Crippen molar-refractivity contribution in [3.63, 3.8) is 0 Å². The van der Waals surface area contributed by atoms with Gasteiger partial charge in [0.2, 0.25) is 0 Å². The Morgan fingerprint density at radius 2 is 1.86 bits per heavy atom. The summed E-state index contributed by atoms with van der Waals surface area (Å²) in [6.07, 6.45) is -1.04. The molecule has 22 heavy (non-hydrogen) atoms. The van der Waals surface area contributed by atoms with E-state index in [1.165, 1.54) is 0 Å². The minimum absolute atomic E-state index is 0.204. The highest BCUT2D eigenvalue weighted by Crippen LogP contribution is 2.25. The van der Waals surface area contributed by atoms with Gasteiger partial charge in [0.05, 0.1) is 19.6 Å². The van der Waals surface area contributed by atoms with Gasteiger partial charge < -0.3 is 19.7 Å². The van der Waals surface area contributed by atoms with E-state index >= 15 is 0 Å². The van der Waals surface area contributed by atoms with Crippen LogP contribution in [-0.4, -0.2) is 42.6 Å². The molecule has 0 aliphatic heterocycles. The molecule has 0 radical (unpaired) electrons. The number of benzene rings is 2. The number of aliphatic hydroxyl groups excluding tert-OH is 2. The molecule has 2 aromatic rings. The number of rotatable bonds is 6. The van der Waals surface area contributed by atoms with Crippen molar-refractivity contribution in [3.8, 4) is 5.75 Å². The number of aliphatic hydroxyl groups is 2. The van der Waals surface area contributed by atoms with Crippen molar-refractivity contribution >= 4 is 16.7 Å². The first-order valence-corrected chi connectivity index (χ1v) is 7.08. The summed E-state index contributed by atoms with van der Waals surface area (Å²) in [6, 6.07) is 11.5. The Morgan fingerprint density at radius 1 is 1.18 bits per heavy atom. The summed E-state index contributed by atoms with van der Waals surface area (Å²) in [6.45, 7) is 1.11. The largest absolute Gasteiger partial charge is 0.497 e. The molecule has 2 rings (SSSR count). The quantitative estimate of drug-likeness (QED) is 0.797. The second kappa shape index (κ2) is 7.24. The van der Waals surface area contributed by atoms with Crippen LogP contribution in [0.4, 0.5) is 0 Å². The van der Waals surface area contributed by atoms with Gasteiger partial charge in [0.1, 0.15) is 18.5 Å². The second-order valence-electron chi connectivity index (χ2n) is 5.16. The Balaban J connectivity index is 2.14. The molecule has 0 saturated carbocycles. The average molecular weight is 304 g/mol. The van der Waals surface area contributed by atoms with E-state index in [4.69, 9.17) is 14.6 Å². The maximum atomic E-state index is 12.0. The lowest BCUT2D eigenvalue weighted by atomic mass is 9.98. The van der Waals surface area contributed by atoms with Crippen molar-refractivity contribution < 1.29 is 24.5 Å². The standard InChI is InChI=1S/C17H20O5/c1-11(17(20)22-10-15(19)9-18)12-3-4-14-8-16(21-2)6-5-13(14)7-12/h3-8,11,15,18-19H,9-10H2,1-2H3/t11-,15-/m0/s1. The van der Waals surface area contributed by atoms with Gasteiger partial charge in [-0.2, -0.15) is 0 Å². The molecule has 0 fully saturated rings. The van der Waals surface area contributed by atoms with Crippen LogP contribution in [-0.2, 0) is 9.53 Å². The molecule has 0 amide bonds. The van der Waals surface area contributed by atoms with Crippen LogP contribution in [0.15, 0.2) is 36.4 Å². The van der Waals surface area contributed by atoms with Crippen LogP contribution < -0.4 is 4.74 Å². The van der Waals surface area contributed by atoms with Gasteiger partial charge >= 0.3 is 5.97 Å². The number of carbonyl (C=O) groups excluding carboxylic acids is 1. The fourth-order valence-corrected chi connectivity index (χ4v) is 2.13. The summed E-state index contributed by atoms with van der Waals surface area (Å²) in [5.41, 5.74) is 0.834. The minimum Gasteiger partial charge on any atom is -0.497 e. The van der Waals surface area contributed by atoms with Crippen molar-refractivity contribution in [1.82, 2.24) is 0 Å². The fraction of sp³-hybridized carbons (Fsp3) is 0.353. The van der Waals surface area contributed by atoms with E-state index in [0.29, 0.717) is 0 Å². The summed E-state index contributed by atoms with van der Waals surface area (Å²) >= 11 is 0. The Morgan fingerprint density at radius 3 is 2.55 bits per heavy atom. The van der Waals surface area contributed by atoms with E-state index < -0.39 is 24.6 Å². The first-order chi connectivity index (χ1) is 10.5. The molecule has 0 saturated heterocycles. The van der Waals surface area contributed by atoms with E-state index in [2.05, 4.69) is 0 Å². The van der Waals surface area contributed by atoms with Crippen LogP contribution in [0, 0.1) is 0 Å². The van der Waals surface area contributed by atoms with Gasteiger partial charge in [0, 0.05) is 0 Å². The Labute approximate surface area is 129 Å². The van der Waals surface area contributed by atoms with E-state index in [1.807, 2.05) is 36.4 Å². The van der Waals surface area contributed by atoms with Crippen LogP contribution >= 0.6 is 0 Å². The van der Waals surface area contributed by atoms with E-state index in [0.717, 1.165) is 22.1 Å². The molecular weight excluding hydrogens is 284 g/mol. The van der Waals surface area contributed by atoms with Crippen LogP contribution in [0.2, 0.25) is 0 Å². The van der Waals surface area contributed by atoms with Gasteiger partial charge in [0.25, 0.3) is 0 Å². The predicted molar refractivity (Wildman–Crippen MR) is 83.0 cm³/mol. The predicted octanol–water partition coefficient (Wildman–Crippen LogP) is 1.85. The summed E-state index contributed by atoms with van der Waals surface area (Å²) in [5.74, 6) is -0.0940. The molecule has 2 N–H and O–H groups in total. The van der Waals surface area contributed by atoms with E-state index in [9.17, 15) is 9.90 Å². The van der Waals surface area contributed by atoms with Crippen LogP contribution in [0.1, 0.15) is 18.4 Å².